The van der Waals surface area contributed by atoms with Gasteiger partial charge in [0.2, 0.25) is 5.91 Å². The molecule has 1 rings (SSSR count). The van der Waals surface area contributed by atoms with Gasteiger partial charge in [0.1, 0.15) is 5.76 Å². The molecule has 17 heavy (non-hydrogen) atoms. The van der Waals surface area contributed by atoms with Gasteiger partial charge in [0, 0.05) is 12.8 Å². The van der Waals surface area contributed by atoms with Crippen molar-refractivity contribution in [1.29, 1.82) is 0 Å². The van der Waals surface area contributed by atoms with Crippen LogP contribution in [0.25, 0.3) is 0 Å². The van der Waals surface area contributed by atoms with Crippen molar-refractivity contribution in [3.05, 3.63) is 24.1 Å². The zero-order chi connectivity index (χ0) is 12.7. The van der Waals surface area contributed by atoms with E-state index in [0.717, 1.165) is 6.08 Å². The van der Waals surface area contributed by atoms with Crippen LogP contribution in [0.1, 0.15) is 31.9 Å². The summed E-state index contributed by atoms with van der Waals surface area (Å²) >= 11 is 0. The number of aromatic nitrogens is 1. The summed E-state index contributed by atoms with van der Waals surface area (Å²) in [6.07, 6.45) is 2.03. The molecule has 0 spiro atoms. The Kier molecular flexibility index (Phi) is 5.32. The lowest BCUT2D eigenvalue weighted by atomic mass is 10.2. The van der Waals surface area contributed by atoms with Crippen LogP contribution in [0, 0.1) is 0 Å². The van der Waals surface area contributed by atoms with Crippen molar-refractivity contribution in [3.8, 4) is 0 Å². The lowest BCUT2D eigenvalue weighted by molar-refractivity contribution is -0.116. The molecule has 4 nitrogen and oxygen atoms in total. The van der Waals surface area contributed by atoms with E-state index in [1.54, 1.807) is 0 Å². The van der Waals surface area contributed by atoms with Crippen molar-refractivity contribution in [1.82, 2.24) is 4.98 Å². The van der Waals surface area contributed by atoms with Crippen molar-refractivity contribution in [2.45, 2.75) is 32.6 Å². The molecule has 6 heteroatoms. The van der Waals surface area contributed by atoms with E-state index in [-0.39, 0.29) is 24.8 Å². The molecule has 0 radical (unpaired) electrons. The predicted octanol–water partition coefficient (Wildman–Crippen LogP) is 3.13. The van der Waals surface area contributed by atoms with Gasteiger partial charge in [-0.1, -0.05) is 6.92 Å². The molecule has 0 fully saturated rings. The maximum absolute atomic E-state index is 11.7. The Hall–Kier alpha value is -1.72. The number of nitrogens with one attached hydrogen (secondary N) is 1. The number of rotatable bonds is 6. The van der Waals surface area contributed by atoms with Crippen LogP contribution in [0.4, 0.5) is 14.8 Å². The number of aryl methyl sites for hydroxylation is 1. The molecule has 0 atom stereocenters. The second kappa shape index (κ2) is 6.78. The largest absolute Gasteiger partial charge is 0.429 e. The van der Waals surface area contributed by atoms with E-state index >= 15 is 0 Å². The Morgan fingerprint density at radius 2 is 2.35 bits per heavy atom. The number of halogens is 2. The first kappa shape index (κ1) is 13.3. The molecule has 0 bridgehead atoms. The molecular formula is C11H14F2N2O2. The summed E-state index contributed by atoms with van der Waals surface area (Å²) in [7, 11) is 0. The maximum atomic E-state index is 11.7. The third-order valence-corrected chi connectivity index (χ3v) is 2.05. The summed E-state index contributed by atoms with van der Waals surface area (Å²) in [6.45, 7) is 1.91. The molecule has 1 N–H and O–H groups in total. The molecule has 0 aliphatic carbocycles. The Bertz CT molecular complexity index is 398. The highest BCUT2D eigenvalue weighted by atomic mass is 19.3. The fraction of sp³-hybridized carbons (Fsp3) is 0.455. The van der Waals surface area contributed by atoms with Gasteiger partial charge in [-0.3, -0.25) is 10.1 Å². The second-order valence-corrected chi connectivity index (χ2v) is 3.42. The number of allylic oxidation sites excluding steroid dienone is 1. The van der Waals surface area contributed by atoms with Gasteiger partial charge in [-0.15, -0.1) is 0 Å². The predicted molar refractivity (Wildman–Crippen MR) is 58.7 cm³/mol. The summed E-state index contributed by atoms with van der Waals surface area (Å²) in [5.74, 6) is 0.393. The average Bonchev–Trinajstić information content (AvgIpc) is 2.72. The fourth-order valence-electron chi connectivity index (χ4n) is 1.18. The Morgan fingerprint density at radius 3 is 2.94 bits per heavy atom. The Labute approximate surface area is 97.7 Å². The van der Waals surface area contributed by atoms with E-state index < -0.39 is 6.08 Å². The van der Waals surface area contributed by atoms with E-state index in [9.17, 15) is 13.6 Å². The molecule has 1 heterocycles. The van der Waals surface area contributed by atoms with Crippen molar-refractivity contribution in [2.75, 3.05) is 5.32 Å². The van der Waals surface area contributed by atoms with Crippen molar-refractivity contribution in [2.24, 2.45) is 0 Å². The van der Waals surface area contributed by atoms with Gasteiger partial charge < -0.3 is 4.42 Å². The lowest BCUT2D eigenvalue weighted by Gasteiger charge is -1.99. The number of oxazole rings is 1. The number of carbonyl (C=O) groups is 1. The minimum Gasteiger partial charge on any atom is -0.429 e. The SMILES string of the molecule is CCc1cnc(NC(=O)CCCC=C(F)F)o1. The summed E-state index contributed by atoms with van der Waals surface area (Å²) in [6, 6.07) is 0.152. The summed E-state index contributed by atoms with van der Waals surface area (Å²) in [5, 5.41) is 2.46. The van der Waals surface area contributed by atoms with Crippen molar-refractivity contribution in [3.63, 3.8) is 0 Å². The van der Waals surface area contributed by atoms with Gasteiger partial charge in [-0.2, -0.15) is 8.78 Å². The zero-order valence-electron chi connectivity index (χ0n) is 9.50. The first-order valence-electron chi connectivity index (χ1n) is 5.37. The van der Waals surface area contributed by atoms with Gasteiger partial charge >= 0.3 is 6.01 Å². The van der Waals surface area contributed by atoms with E-state index in [2.05, 4.69) is 10.3 Å². The van der Waals surface area contributed by atoms with Crippen LogP contribution in [-0.4, -0.2) is 10.9 Å². The maximum Gasteiger partial charge on any atom is 0.301 e. The highest BCUT2D eigenvalue weighted by Crippen LogP contribution is 2.10. The lowest BCUT2D eigenvalue weighted by Crippen LogP contribution is -2.11. The van der Waals surface area contributed by atoms with E-state index in [4.69, 9.17) is 4.42 Å². The van der Waals surface area contributed by atoms with Crippen LogP contribution in [-0.2, 0) is 11.2 Å². The minimum absolute atomic E-state index is 0.152. The summed E-state index contributed by atoms with van der Waals surface area (Å²) < 4.78 is 28.5. The van der Waals surface area contributed by atoms with Gasteiger partial charge in [0.15, 0.2) is 0 Å². The van der Waals surface area contributed by atoms with Gasteiger partial charge in [0.25, 0.3) is 6.08 Å². The third kappa shape index (κ3) is 5.24. The number of carbonyl (C=O) groups excluding carboxylic acids is 1. The monoisotopic (exact) mass is 244 g/mol. The standard InChI is InChI=1S/C11H14F2N2O2/c1-2-8-7-14-11(17-8)15-10(16)6-4-3-5-9(12)13/h5,7H,2-4,6H2,1H3,(H,14,15,16). The molecular weight excluding hydrogens is 230 g/mol. The smallest absolute Gasteiger partial charge is 0.301 e. The molecule has 0 aromatic carbocycles. The highest BCUT2D eigenvalue weighted by molar-refractivity contribution is 5.88. The number of hydrogen-bond donors (Lipinski definition) is 1. The normalized spacial score (nSPS) is 10.1. The topological polar surface area (TPSA) is 55.1 Å². The van der Waals surface area contributed by atoms with Crippen LogP contribution in [0.3, 0.4) is 0 Å². The molecule has 0 saturated carbocycles. The Balaban J connectivity index is 2.27. The molecule has 0 unspecified atom stereocenters. The molecule has 0 aliphatic rings. The molecule has 1 aromatic rings. The number of amides is 1. The number of unbranched alkanes of at least 4 members (excludes halogenated alkanes) is 1. The fourth-order valence-corrected chi connectivity index (χ4v) is 1.18. The minimum atomic E-state index is -1.72. The quantitative estimate of drug-likeness (QED) is 0.782. The molecule has 94 valence electrons. The molecule has 0 aliphatic heterocycles. The average molecular weight is 244 g/mol. The number of anilines is 1. The van der Waals surface area contributed by atoms with Crippen LogP contribution in [0.2, 0.25) is 0 Å². The number of hydrogen-bond acceptors (Lipinski definition) is 3. The van der Waals surface area contributed by atoms with Crippen LogP contribution < -0.4 is 5.32 Å². The van der Waals surface area contributed by atoms with Gasteiger partial charge in [0.05, 0.1) is 6.20 Å². The van der Waals surface area contributed by atoms with Crippen LogP contribution in [0.15, 0.2) is 22.8 Å². The second-order valence-electron chi connectivity index (χ2n) is 3.42. The van der Waals surface area contributed by atoms with Crippen molar-refractivity contribution < 1.29 is 18.0 Å². The molecule has 0 saturated heterocycles. The van der Waals surface area contributed by atoms with E-state index in [1.165, 1.54) is 6.20 Å². The molecule has 1 amide bonds. The Morgan fingerprint density at radius 1 is 1.59 bits per heavy atom. The highest BCUT2D eigenvalue weighted by Gasteiger charge is 2.06. The summed E-state index contributed by atoms with van der Waals surface area (Å²) in [4.78, 5) is 15.2. The first-order chi connectivity index (χ1) is 8.11. The van der Waals surface area contributed by atoms with Crippen LogP contribution in [0.5, 0.6) is 0 Å². The summed E-state index contributed by atoms with van der Waals surface area (Å²) in [5.41, 5.74) is 0. The zero-order valence-corrected chi connectivity index (χ0v) is 9.50. The van der Waals surface area contributed by atoms with E-state index in [0.29, 0.717) is 18.6 Å². The van der Waals surface area contributed by atoms with Gasteiger partial charge in [-0.25, -0.2) is 4.98 Å². The molecule has 1 aromatic heterocycles. The van der Waals surface area contributed by atoms with Gasteiger partial charge in [-0.05, 0) is 18.9 Å². The van der Waals surface area contributed by atoms with E-state index in [1.807, 2.05) is 6.92 Å². The number of nitrogens with zero attached hydrogens (tertiary/aromatic N) is 1. The third-order valence-electron chi connectivity index (χ3n) is 2.05. The van der Waals surface area contributed by atoms with Crippen LogP contribution >= 0.6 is 0 Å². The first-order valence-corrected chi connectivity index (χ1v) is 5.37. The van der Waals surface area contributed by atoms with Crippen molar-refractivity contribution >= 4 is 11.9 Å².